The monoisotopic (exact) mass is 498 g/mol. The van der Waals surface area contributed by atoms with Crippen molar-refractivity contribution in [3.63, 3.8) is 0 Å². The summed E-state index contributed by atoms with van der Waals surface area (Å²) in [5, 5.41) is 26.7. The number of hydrogen-bond acceptors (Lipinski definition) is 8. The number of benzene rings is 3. The number of nitro groups is 1. The van der Waals surface area contributed by atoms with Crippen molar-refractivity contribution in [1.82, 2.24) is 9.97 Å². The van der Waals surface area contributed by atoms with E-state index in [0.717, 1.165) is 33.0 Å². The van der Waals surface area contributed by atoms with Crippen LogP contribution in [0.15, 0.2) is 94.9 Å². The second-order valence-electron chi connectivity index (χ2n) is 8.16. The highest BCUT2D eigenvalue weighted by molar-refractivity contribution is 7.13. The van der Waals surface area contributed by atoms with Crippen molar-refractivity contribution in [3.05, 3.63) is 117 Å². The van der Waals surface area contributed by atoms with Gasteiger partial charge in [0.1, 0.15) is 5.01 Å². The Morgan fingerprint density at radius 1 is 1.00 bits per heavy atom. The van der Waals surface area contributed by atoms with Gasteiger partial charge in [0.2, 0.25) is 0 Å². The molecule has 0 saturated heterocycles. The van der Waals surface area contributed by atoms with Crippen LogP contribution >= 0.6 is 11.3 Å². The Kier molecular flexibility index (Phi) is 6.83. The molecule has 0 amide bonds. The topological polar surface area (TPSA) is 114 Å². The van der Waals surface area contributed by atoms with Crippen LogP contribution in [0.4, 0.5) is 11.7 Å². The molecule has 0 aliphatic heterocycles. The van der Waals surface area contributed by atoms with Gasteiger partial charge in [-0.1, -0.05) is 60.7 Å². The first-order valence-corrected chi connectivity index (χ1v) is 12.1. The summed E-state index contributed by atoms with van der Waals surface area (Å²) in [6.07, 6.45) is 2.16. The molecule has 1 atom stereocenters. The number of oxazole rings is 1. The summed E-state index contributed by atoms with van der Waals surface area (Å²) in [6, 6.07) is 23.9. The molecule has 5 rings (SSSR count). The Bertz CT molecular complexity index is 1460. The van der Waals surface area contributed by atoms with Crippen molar-refractivity contribution in [3.8, 4) is 21.9 Å². The van der Waals surface area contributed by atoms with Crippen LogP contribution in [0.1, 0.15) is 22.9 Å². The lowest BCUT2D eigenvalue weighted by Crippen LogP contribution is -2.14. The van der Waals surface area contributed by atoms with Crippen LogP contribution in [0.5, 0.6) is 0 Å². The van der Waals surface area contributed by atoms with Crippen molar-refractivity contribution in [2.75, 3.05) is 5.32 Å². The van der Waals surface area contributed by atoms with Crippen molar-refractivity contribution in [2.24, 2.45) is 0 Å². The van der Waals surface area contributed by atoms with E-state index in [4.69, 9.17) is 9.40 Å². The van der Waals surface area contributed by atoms with E-state index >= 15 is 0 Å². The highest BCUT2D eigenvalue weighted by atomic mass is 32.1. The van der Waals surface area contributed by atoms with Crippen LogP contribution in [-0.4, -0.2) is 20.0 Å². The highest BCUT2D eigenvalue weighted by Gasteiger charge is 2.20. The van der Waals surface area contributed by atoms with Gasteiger partial charge in [-0.05, 0) is 23.6 Å². The average Bonchev–Trinajstić information content (AvgIpc) is 3.60. The van der Waals surface area contributed by atoms with E-state index in [2.05, 4.69) is 10.3 Å². The van der Waals surface area contributed by atoms with E-state index in [-0.39, 0.29) is 18.3 Å². The first kappa shape index (κ1) is 23.4. The lowest BCUT2D eigenvalue weighted by atomic mass is 10.0. The Balaban J connectivity index is 1.43. The van der Waals surface area contributed by atoms with E-state index in [1.54, 1.807) is 29.7 Å². The lowest BCUT2D eigenvalue weighted by molar-refractivity contribution is -0.384. The first-order valence-electron chi connectivity index (χ1n) is 11.3. The smallest absolute Gasteiger partial charge is 0.295 e. The fourth-order valence-electron chi connectivity index (χ4n) is 3.82. The second kappa shape index (κ2) is 10.5. The molecule has 8 nitrogen and oxygen atoms in total. The van der Waals surface area contributed by atoms with Crippen molar-refractivity contribution in [2.45, 2.75) is 19.1 Å². The minimum atomic E-state index is -0.411. The Labute approximate surface area is 211 Å². The number of nitro benzene ring substituents is 1. The minimum absolute atomic E-state index is 0.0470. The predicted octanol–water partition coefficient (Wildman–Crippen LogP) is 6.26. The zero-order valence-corrected chi connectivity index (χ0v) is 19.9. The molecule has 0 unspecified atom stereocenters. The van der Waals surface area contributed by atoms with Gasteiger partial charge in [0.15, 0.2) is 5.76 Å². The molecule has 3 aromatic carbocycles. The summed E-state index contributed by atoms with van der Waals surface area (Å²) in [5.41, 5.74) is 4.41. The summed E-state index contributed by atoms with van der Waals surface area (Å²) < 4.78 is 5.98. The molecule has 36 heavy (non-hydrogen) atoms. The Hall–Kier alpha value is -4.34. The fraction of sp³-hybridized carbons (Fsp3) is 0.111. The van der Waals surface area contributed by atoms with Crippen molar-refractivity contribution < 1.29 is 14.4 Å². The highest BCUT2D eigenvalue weighted by Crippen LogP contribution is 2.31. The standard InChI is InChI=1S/C27H22N4O4S/c32-16-19-5-4-8-21(13-19)25-15-28-27(35-25)30-23(14-18-9-11-22(12-10-18)31(33)34)24-17-36-26(29-24)20-6-2-1-3-7-20/h1-13,15,17,23,32H,14,16H2,(H,28,30)/t23-/m0/s1. The normalized spacial score (nSPS) is 11.8. The largest absolute Gasteiger partial charge is 0.424 e. The van der Waals surface area contributed by atoms with E-state index in [9.17, 15) is 15.2 Å². The molecule has 2 heterocycles. The van der Waals surface area contributed by atoms with Crippen LogP contribution in [0.25, 0.3) is 21.9 Å². The van der Waals surface area contributed by atoms with E-state index in [0.29, 0.717) is 18.2 Å². The first-order chi connectivity index (χ1) is 17.6. The molecule has 0 saturated carbocycles. The SMILES string of the molecule is O=[N+]([O-])c1ccc(C[C@H](Nc2ncc(-c3cccc(CO)c3)o2)c2csc(-c3ccccc3)n2)cc1. The maximum Gasteiger partial charge on any atom is 0.295 e. The Morgan fingerprint density at radius 3 is 2.53 bits per heavy atom. The molecule has 0 aliphatic carbocycles. The third-order valence-electron chi connectivity index (χ3n) is 5.68. The summed E-state index contributed by atoms with van der Waals surface area (Å²) in [5.74, 6) is 0.574. The van der Waals surface area contributed by atoms with Crippen LogP contribution in [0.2, 0.25) is 0 Å². The zero-order chi connectivity index (χ0) is 24.9. The number of rotatable bonds is 9. The van der Waals surface area contributed by atoms with Gasteiger partial charge in [0.05, 0.1) is 29.5 Å². The molecule has 0 radical (unpaired) electrons. The number of aliphatic hydroxyl groups excluding tert-OH is 1. The number of non-ortho nitro benzene ring substituents is 1. The number of aliphatic hydroxyl groups is 1. The molecule has 9 heteroatoms. The van der Waals surface area contributed by atoms with E-state index in [1.165, 1.54) is 12.1 Å². The minimum Gasteiger partial charge on any atom is -0.424 e. The van der Waals surface area contributed by atoms with Crippen LogP contribution < -0.4 is 5.32 Å². The average molecular weight is 499 g/mol. The van der Waals surface area contributed by atoms with Crippen LogP contribution in [0.3, 0.4) is 0 Å². The number of hydrogen-bond donors (Lipinski definition) is 2. The molecule has 0 spiro atoms. The van der Waals surface area contributed by atoms with E-state index in [1.807, 2.05) is 60.0 Å². The molecule has 0 aliphatic rings. The second-order valence-corrected chi connectivity index (χ2v) is 9.01. The summed E-state index contributed by atoms with van der Waals surface area (Å²) in [4.78, 5) is 19.9. The third kappa shape index (κ3) is 5.32. The van der Waals surface area contributed by atoms with E-state index < -0.39 is 4.92 Å². The van der Waals surface area contributed by atoms with Gasteiger partial charge < -0.3 is 14.8 Å². The Morgan fingerprint density at radius 2 is 1.78 bits per heavy atom. The number of nitrogens with zero attached hydrogens (tertiary/aromatic N) is 3. The van der Waals surface area contributed by atoms with Gasteiger partial charge in [0, 0.05) is 28.6 Å². The van der Waals surface area contributed by atoms with Gasteiger partial charge >= 0.3 is 0 Å². The maximum atomic E-state index is 11.0. The third-order valence-corrected chi connectivity index (χ3v) is 6.59. The quantitative estimate of drug-likeness (QED) is 0.182. The van der Waals surface area contributed by atoms with Crippen molar-refractivity contribution in [1.29, 1.82) is 0 Å². The van der Waals surface area contributed by atoms with Crippen LogP contribution in [-0.2, 0) is 13.0 Å². The van der Waals surface area contributed by atoms with Gasteiger partial charge in [-0.2, -0.15) is 0 Å². The summed E-state index contributed by atoms with van der Waals surface area (Å²) in [6.45, 7) is -0.0576. The predicted molar refractivity (Wildman–Crippen MR) is 139 cm³/mol. The number of nitrogens with one attached hydrogen (secondary N) is 1. The number of aromatic nitrogens is 2. The zero-order valence-electron chi connectivity index (χ0n) is 19.1. The molecule has 5 aromatic rings. The number of thiazole rings is 1. The van der Waals surface area contributed by atoms with Gasteiger partial charge in [-0.3, -0.25) is 10.1 Å². The maximum absolute atomic E-state index is 11.0. The molecule has 2 N–H and O–H groups in total. The molecule has 0 fully saturated rings. The lowest BCUT2D eigenvalue weighted by Gasteiger charge is -2.16. The van der Waals surface area contributed by atoms with Gasteiger partial charge in [-0.25, -0.2) is 9.97 Å². The summed E-state index contributed by atoms with van der Waals surface area (Å²) in [7, 11) is 0. The molecular weight excluding hydrogens is 476 g/mol. The van der Waals surface area contributed by atoms with Crippen LogP contribution in [0, 0.1) is 10.1 Å². The van der Waals surface area contributed by atoms with Gasteiger partial charge in [-0.15, -0.1) is 11.3 Å². The molecule has 0 bridgehead atoms. The molecule has 180 valence electrons. The van der Waals surface area contributed by atoms with Crippen molar-refractivity contribution >= 4 is 23.0 Å². The molecular formula is C27H22N4O4S. The molecule has 2 aromatic heterocycles. The summed E-state index contributed by atoms with van der Waals surface area (Å²) >= 11 is 1.55. The fourth-order valence-corrected chi connectivity index (χ4v) is 4.70. The van der Waals surface area contributed by atoms with Gasteiger partial charge in [0.25, 0.3) is 11.7 Å². The number of anilines is 1.